The predicted molar refractivity (Wildman–Crippen MR) is 96.5 cm³/mol. The highest BCUT2D eigenvalue weighted by molar-refractivity contribution is 7.17. The fourth-order valence-electron chi connectivity index (χ4n) is 4.04. The van der Waals surface area contributed by atoms with Gasteiger partial charge in [-0.25, -0.2) is 0 Å². The molecule has 1 amide bonds. The Bertz CT molecular complexity index is 793. The molecular weight excluding hydrogens is 358 g/mol. The molecule has 3 atom stereocenters. The fourth-order valence-corrected chi connectivity index (χ4v) is 5.02. The first-order valence-corrected chi connectivity index (χ1v) is 9.53. The van der Waals surface area contributed by atoms with Gasteiger partial charge in [0.05, 0.1) is 4.88 Å². The summed E-state index contributed by atoms with van der Waals surface area (Å²) in [4.78, 5) is 16.3. The molecule has 0 spiro atoms. The number of rotatable bonds is 4. The van der Waals surface area contributed by atoms with E-state index in [0.717, 1.165) is 36.4 Å². The number of amides is 1. The van der Waals surface area contributed by atoms with Crippen molar-refractivity contribution < 1.29 is 18.3 Å². The summed E-state index contributed by atoms with van der Waals surface area (Å²) in [6.07, 6.45) is 2.17. The summed E-state index contributed by atoms with van der Waals surface area (Å²) in [6, 6.07) is 10.4. The maximum absolute atomic E-state index is 12.8. The monoisotopic (exact) mass is 378 g/mol. The summed E-state index contributed by atoms with van der Waals surface area (Å²) in [6.45, 7) is -1.29. The number of carbonyl (C=O) groups excluding carboxylic acids is 1. The number of nitrogens with two attached hydrogens (primary N) is 1. The molecule has 26 heavy (non-hydrogen) atoms. The van der Waals surface area contributed by atoms with Crippen LogP contribution in [0.3, 0.4) is 0 Å². The van der Waals surface area contributed by atoms with Crippen molar-refractivity contribution >= 4 is 17.2 Å². The molecular formula is C19H20F2N2O2S. The van der Waals surface area contributed by atoms with E-state index >= 15 is 0 Å². The highest BCUT2D eigenvalue weighted by Crippen LogP contribution is 2.38. The summed E-state index contributed by atoms with van der Waals surface area (Å²) in [5.74, 6) is 1.15. The third-order valence-electron chi connectivity index (χ3n) is 5.38. The van der Waals surface area contributed by atoms with Gasteiger partial charge in [0.15, 0.2) is 0 Å². The molecule has 0 bridgehead atoms. The van der Waals surface area contributed by atoms with Crippen LogP contribution in [-0.2, 0) is 0 Å². The van der Waals surface area contributed by atoms with Crippen LogP contribution in [-0.4, -0.2) is 36.5 Å². The van der Waals surface area contributed by atoms with Crippen LogP contribution in [0.15, 0.2) is 36.4 Å². The van der Waals surface area contributed by atoms with Gasteiger partial charge in [0, 0.05) is 24.0 Å². The molecule has 4 rings (SSSR count). The number of carbonyl (C=O) groups is 1. The molecule has 0 radical (unpaired) electrons. The topological polar surface area (TPSA) is 55.6 Å². The van der Waals surface area contributed by atoms with Crippen LogP contribution >= 0.6 is 11.3 Å². The minimum atomic E-state index is -2.83. The van der Waals surface area contributed by atoms with Gasteiger partial charge in [0.2, 0.25) is 0 Å². The number of thiophene rings is 1. The van der Waals surface area contributed by atoms with E-state index in [1.807, 2.05) is 17.0 Å². The summed E-state index contributed by atoms with van der Waals surface area (Å²) in [7, 11) is 0. The number of fused-ring (bicyclic) bond motifs is 1. The second kappa shape index (κ2) is 6.96. The number of halogens is 2. The lowest BCUT2D eigenvalue weighted by molar-refractivity contribution is -0.0498. The normalized spacial score (nSPS) is 24.9. The highest BCUT2D eigenvalue weighted by atomic mass is 32.1. The van der Waals surface area contributed by atoms with Crippen molar-refractivity contribution in [3.05, 3.63) is 41.3 Å². The third kappa shape index (κ3) is 3.33. The van der Waals surface area contributed by atoms with Gasteiger partial charge >= 0.3 is 6.61 Å². The van der Waals surface area contributed by atoms with Gasteiger partial charge in [0.1, 0.15) is 5.75 Å². The lowest BCUT2D eigenvalue weighted by atomic mass is 9.98. The number of hydrogen-bond acceptors (Lipinski definition) is 4. The van der Waals surface area contributed by atoms with Gasteiger partial charge in [-0.3, -0.25) is 4.79 Å². The molecule has 138 valence electrons. The van der Waals surface area contributed by atoms with Crippen molar-refractivity contribution in [3.8, 4) is 16.2 Å². The van der Waals surface area contributed by atoms with Crippen molar-refractivity contribution in [2.45, 2.75) is 25.5 Å². The SMILES string of the molecule is NC1CCC2CN(C(=O)c3ccc(-c4ccc(OC(F)F)cc4)s3)CC12. The van der Waals surface area contributed by atoms with Gasteiger partial charge in [0.25, 0.3) is 5.91 Å². The Morgan fingerprint density at radius 2 is 1.92 bits per heavy atom. The number of likely N-dealkylation sites (tertiary alicyclic amines) is 1. The van der Waals surface area contributed by atoms with E-state index in [-0.39, 0.29) is 17.7 Å². The maximum atomic E-state index is 12.8. The molecule has 1 aliphatic heterocycles. The van der Waals surface area contributed by atoms with E-state index in [9.17, 15) is 13.6 Å². The van der Waals surface area contributed by atoms with Gasteiger partial charge in [-0.2, -0.15) is 8.78 Å². The first-order valence-electron chi connectivity index (χ1n) is 8.71. The van der Waals surface area contributed by atoms with E-state index in [1.54, 1.807) is 12.1 Å². The summed E-state index contributed by atoms with van der Waals surface area (Å²) in [5.41, 5.74) is 7.02. The van der Waals surface area contributed by atoms with E-state index in [1.165, 1.54) is 23.5 Å². The zero-order valence-electron chi connectivity index (χ0n) is 14.1. The molecule has 1 saturated heterocycles. The molecule has 4 nitrogen and oxygen atoms in total. The molecule has 2 fully saturated rings. The Labute approximate surface area is 154 Å². The van der Waals surface area contributed by atoms with E-state index in [2.05, 4.69) is 4.74 Å². The molecule has 2 N–H and O–H groups in total. The molecule has 2 aliphatic rings. The minimum Gasteiger partial charge on any atom is -0.435 e. The van der Waals surface area contributed by atoms with Crippen LogP contribution in [0.1, 0.15) is 22.5 Å². The number of alkyl halides is 2. The van der Waals surface area contributed by atoms with Crippen LogP contribution in [0.25, 0.3) is 10.4 Å². The zero-order chi connectivity index (χ0) is 18.3. The van der Waals surface area contributed by atoms with Gasteiger partial charge in [-0.15, -0.1) is 11.3 Å². The Balaban J connectivity index is 1.45. The van der Waals surface area contributed by atoms with Crippen molar-refractivity contribution in [3.63, 3.8) is 0 Å². The first kappa shape index (κ1) is 17.4. The quantitative estimate of drug-likeness (QED) is 0.880. The maximum Gasteiger partial charge on any atom is 0.387 e. The second-order valence-corrected chi connectivity index (χ2v) is 8.03. The van der Waals surface area contributed by atoms with Crippen molar-refractivity contribution in [1.82, 2.24) is 4.90 Å². The van der Waals surface area contributed by atoms with Crippen LogP contribution in [0.5, 0.6) is 5.75 Å². The van der Waals surface area contributed by atoms with E-state index < -0.39 is 6.61 Å². The van der Waals surface area contributed by atoms with Crippen molar-refractivity contribution in [2.75, 3.05) is 13.1 Å². The van der Waals surface area contributed by atoms with Crippen LogP contribution < -0.4 is 10.5 Å². The van der Waals surface area contributed by atoms with Gasteiger partial charge in [-0.1, -0.05) is 0 Å². The highest BCUT2D eigenvalue weighted by Gasteiger charge is 2.42. The largest absolute Gasteiger partial charge is 0.435 e. The van der Waals surface area contributed by atoms with E-state index in [4.69, 9.17) is 5.73 Å². The number of hydrogen-bond donors (Lipinski definition) is 1. The Morgan fingerprint density at radius 3 is 2.62 bits per heavy atom. The van der Waals surface area contributed by atoms with Crippen molar-refractivity contribution in [2.24, 2.45) is 17.6 Å². The van der Waals surface area contributed by atoms with Crippen LogP contribution in [0.2, 0.25) is 0 Å². The standard InChI is InChI=1S/C19H20F2N2O2S/c20-19(21)25-13-4-1-11(2-5-13)16-7-8-17(26-16)18(24)23-9-12-3-6-15(22)14(12)10-23/h1-2,4-5,7-8,12,14-15,19H,3,6,9-10,22H2. The number of ether oxygens (including phenoxy) is 1. The van der Waals surface area contributed by atoms with Crippen LogP contribution in [0, 0.1) is 11.8 Å². The Kier molecular flexibility index (Phi) is 4.67. The molecule has 1 saturated carbocycles. The summed E-state index contributed by atoms with van der Waals surface area (Å²) in [5, 5.41) is 0. The first-order chi connectivity index (χ1) is 12.5. The zero-order valence-corrected chi connectivity index (χ0v) is 14.9. The second-order valence-electron chi connectivity index (χ2n) is 6.94. The van der Waals surface area contributed by atoms with Crippen molar-refractivity contribution in [1.29, 1.82) is 0 Å². The fraction of sp³-hybridized carbons (Fsp3) is 0.421. The number of benzene rings is 1. The number of nitrogens with zero attached hydrogens (tertiary/aromatic N) is 1. The summed E-state index contributed by atoms with van der Waals surface area (Å²) < 4.78 is 28.8. The molecule has 1 aromatic heterocycles. The predicted octanol–water partition coefficient (Wildman–Crippen LogP) is 3.83. The molecule has 7 heteroatoms. The minimum absolute atomic E-state index is 0.0560. The molecule has 2 aromatic rings. The Hall–Kier alpha value is -1.99. The smallest absolute Gasteiger partial charge is 0.387 e. The third-order valence-corrected chi connectivity index (χ3v) is 6.50. The molecule has 1 aromatic carbocycles. The van der Waals surface area contributed by atoms with Gasteiger partial charge in [-0.05, 0) is 66.6 Å². The lowest BCUT2D eigenvalue weighted by Crippen LogP contribution is -2.33. The summed E-state index contributed by atoms with van der Waals surface area (Å²) >= 11 is 1.42. The molecule has 2 heterocycles. The van der Waals surface area contributed by atoms with Crippen LogP contribution in [0.4, 0.5) is 8.78 Å². The molecule has 1 aliphatic carbocycles. The van der Waals surface area contributed by atoms with E-state index in [0.29, 0.717) is 16.7 Å². The Morgan fingerprint density at radius 1 is 1.15 bits per heavy atom. The lowest BCUT2D eigenvalue weighted by Gasteiger charge is -2.17. The average molecular weight is 378 g/mol. The molecule has 3 unspecified atom stereocenters. The van der Waals surface area contributed by atoms with Gasteiger partial charge < -0.3 is 15.4 Å². The average Bonchev–Trinajstić information content (AvgIpc) is 3.32.